The maximum Gasteiger partial charge on any atom is 0.178 e. The molecule has 0 fully saturated rings. The number of nitrogens with zero attached hydrogens (tertiary/aromatic N) is 2. The van der Waals surface area contributed by atoms with E-state index in [1.165, 1.54) is 10.6 Å². The molecule has 0 atom stereocenters. The third-order valence-electron chi connectivity index (χ3n) is 4.20. The van der Waals surface area contributed by atoms with E-state index < -0.39 is 0 Å². The van der Waals surface area contributed by atoms with Crippen LogP contribution in [-0.4, -0.2) is 40.6 Å². The molecule has 0 spiro atoms. The molecule has 3 N–H and O–H groups in total. The number of pyridine rings is 1. The Morgan fingerprint density at radius 3 is 2.76 bits per heavy atom. The molecule has 3 heterocycles. The Hall–Kier alpha value is -2.77. The number of allylic oxidation sites excluding steroid dienone is 1. The van der Waals surface area contributed by atoms with E-state index >= 15 is 0 Å². The van der Waals surface area contributed by atoms with Gasteiger partial charge < -0.3 is 15.6 Å². The Morgan fingerprint density at radius 2 is 2.07 bits per heavy atom. The first-order chi connectivity index (χ1) is 14.2. The van der Waals surface area contributed by atoms with E-state index in [4.69, 9.17) is 11.6 Å². The second-order valence-corrected chi connectivity index (χ2v) is 7.79. The summed E-state index contributed by atoms with van der Waals surface area (Å²) in [6.07, 6.45) is 6.47. The highest BCUT2D eigenvalue weighted by Gasteiger charge is 2.09. The molecule has 0 amide bonds. The molecule has 0 unspecified atom stereocenters. The fourth-order valence-electron chi connectivity index (χ4n) is 2.76. The average molecular weight is 428 g/mol. The number of aromatic nitrogens is 3. The summed E-state index contributed by atoms with van der Waals surface area (Å²) in [5, 5.41) is 7.01. The highest BCUT2D eigenvalue weighted by Crippen LogP contribution is 2.22. The minimum atomic E-state index is 0.532. The summed E-state index contributed by atoms with van der Waals surface area (Å²) in [6.45, 7) is 3.09. The van der Waals surface area contributed by atoms with E-state index in [1.807, 2.05) is 37.1 Å². The van der Waals surface area contributed by atoms with E-state index in [1.54, 1.807) is 24.4 Å². The van der Waals surface area contributed by atoms with Gasteiger partial charge in [0.2, 0.25) is 0 Å². The number of nitrogens with one attached hydrogen (secondary N) is 3. The summed E-state index contributed by atoms with van der Waals surface area (Å²) in [5.74, 6) is 1.80. The second kappa shape index (κ2) is 10.1. The lowest BCUT2D eigenvalue weighted by Gasteiger charge is -2.15. The lowest BCUT2D eigenvalue weighted by molar-refractivity contribution is 0.112. The van der Waals surface area contributed by atoms with Crippen molar-refractivity contribution < 1.29 is 4.79 Å². The van der Waals surface area contributed by atoms with E-state index in [-0.39, 0.29) is 0 Å². The molecule has 2 aromatic heterocycles. The number of fused-ring (bicyclic) bond motifs is 1. The van der Waals surface area contributed by atoms with E-state index in [0.29, 0.717) is 27.6 Å². The molecule has 3 aromatic rings. The lowest BCUT2D eigenvalue weighted by Crippen LogP contribution is -2.23. The topological polar surface area (TPSA) is 82.7 Å². The van der Waals surface area contributed by atoms with Gasteiger partial charge in [0.05, 0.1) is 12.1 Å². The maximum absolute atomic E-state index is 10.9. The van der Waals surface area contributed by atoms with Crippen LogP contribution in [0.2, 0.25) is 5.02 Å². The molecule has 1 aromatic carbocycles. The predicted molar refractivity (Wildman–Crippen MR) is 121 cm³/mol. The molecule has 0 radical (unpaired) electrons. The summed E-state index contributed by atoms with van der Waals surface area (Å²) in [7, 11) is 1.96. The highest BCUT2D eigenvalue weighted by atomic mass is 35.5. The van der Waals surface area contributed by atoms with Crippen molar-refractivity contribution in [3.05, 3.63) is 70.0 Å². The van der Waals surface area contributed by atoms with E-state index in [9.17, 15) is 4.79 Å². The number of dihydropyridines is 1. The number of halogens is 1. The van der Waals surface area contributed by atoms with Crippen LogP contribution in [0.25, 0.3) is 22.6 Å². The maximum atomic E-state index is 10.9. The average Bonchev–Trinajstić information content (AvgIpc) is 3.20. The fraction of sp³-hybridized carbons (Fsp3) is 0.190. The zero-order chi connectivity index (χ0) is 20.6. The Bertz CT molecular complexity index is 1040. The summed E-state index contributed by atoms with van der Waals surface area (Å²) in [6, 6.07) is 8.96. The number of carbonyl (C=O) groups excluding carboxylic acids is 1. The molecule has 0 saturated heterocycles. The number of rotatable bonds is 5. The van der Waals surface area contributed by atoms with Crippen molar-refractivity contribution in [2.45, 2.75) is 6.92 Å². The Kier molecular flexibility index (Phi) is 7.32. The van der Waals surface area contributed by atoms with Crippen LogP contribution in [0.4, 0.5) is 0 Å². The smallest absolute Gasteiger partial charge is 0.178 e. The molecule has 0 bridgehead atoms. The van der Waals surface area contributed by atoms with Crippen LogP contribution < -0.4 is 10.6 Å². The van der Waals surface area contributed by atoms with Gasteiger partial charge in [-0.3, -0.25) is 4.79 Å². The fourth-order valence-corrected chi connectivity index (χ4v) is 3.71. The van der Waals surface area contributed by atoms with Crippen LogP contribution in [-0.2, 0) is 0 Å². The van der Waals surface area contributed by atoms with Crippen LogP contribution in [0.5, 0.6) is 0 Å². The number of imidazole rings is 1. The molecule has 1 aliphatic heterocycles. The van der Waals surface area contributed by atoms with Gasteiger partial charge in [0.1, 0.15) is 5.82 Å². The molecular formula is C21H22ClN5OS. The van der Waals surface area contributed by atoms with Crippen molar-refractivity contribution in [1.82, 2.24) is 25.6 Å². The largest absolute Gasteiger partial charge is 0.389 e. The van der Waals surface area contributed by atoms with Crippen LogP contribution in [0.1, 0.15) is 17.3 Å². The predicted octanol–water partition coefficient (Wildman–Crippen LogP) is 4.38. The molecule has 0 saturated carbocycles. The third-order valence-corrected chi connectivity index (χ3v) is 5.43. The Morgan fingerprint density at radius 1 is 1.28 bits per heavy atom. The SMILES string of the molecule is CCSC1=C(NC)CNC=C1.O=Cc1ccnc2nc(-c3ccc(Cl)cc3)[nH]c12. The van der Waals surface area contributed by atoms with Gasteiger partial charge in [-0.1, -0.05) is 18.5 Å². The quantitative estimate of drug-likeness (QED) is 0.524. The van der Waals surface area contributed by atoms with E-state index in [2.05, 4.69) is 38.6 Å². The standard InChI is InChI=1S/C13H8ClN3O.C8H14N2S/c14-10-3-1-8(2-4-10)12-16-11-9(7-18)5-6-15-13(11)17-12;1-3-11-8-4-5-10-6-7(8)9-2/h1-7H,(H,15,16,17);4-5,9-10H,3,6H2,1-2H3. The van der Waals surface area contributed by atoms with Crippen molar-refractivity contribution in [1.29, 1.82) is 0 Å². The van der Waals surface area contributed by atoms with Crippen molar-refractivity contribution in [3.8, 4) is 11.4 Å². The first kappa shape index (κ1) is 21.0. The van der Waals surface area contributed by atoms with Gasteiger partial charge in [-0.25, -0.2) is 9.97 Å². The van der Waals surface area contributed by atoms with Crippen molar-refractivity contribution in [2.75, 3.05) is 19.3 Å². The third kappa shape index (κ3) is 5.19. The Balaban J connectivity index is 0.000000188. The molecular weight excluding hydrogens is 406 g/mol. The number of H-pyrrole nitrogens is 1. The van der Waals surface area contributed by atoms with Crippen LogP contribution in [0.15, 0.2) is 59.4 Å². The van der Waals surface area contributed by atoms with E-state index in [0.717, 1.165) is 24.1 Å². The van der Waals surface area contributed by atoms with Crippen LogP contribution in [0.3, 0.4) is 0 Å². The number of hydrogen-bond donors (Lipinski definition) is 3. The molecule has 29 heavy (non-hydrogen) atoms. The second-order valence-electron chi connectivity index (χ2n) is 6.05. The number of thioether (sulfide) groups is 1. The molecule has 0 aliphatic carbocycles. The lowest BCUT2D eigenvalue weighted by atomic mass is 10.2. The number of aldehydes is 1. The van der Waals surface area contributed by atoms with Gasteiger partial charge in [0.15, 0.2) is 11.9 Å². The number of likely N-dealkylation sites (N-methyl/N-ethyl adjacent to an activating group) is 1. The van der Waals surface area contributed by atoms with Gasteiger partial charge in [0.25, 0.3) is 0 Å². The van der Waals surface area contributed by atoms with Crippen LogP contribution >= 0.6 is 23.4 Å². The molecule has 8 heteroatoms. The van der Waals surface area contributed by atoms with Gasteiger partial charge in [-0.15, -0.1) is 11.8 Å². The number of hydrogen-bond acceptors (Lipinski definition) is 6. The minimum absolute atomic E-state index is 0.532. The first-order valence-corrected chi connectivity index (χ1v) is 10.5. The molecule has 4 rings (SSSR count). The van der Waals surface area contributed by atoms with Crippen molar-refractivity contribution in [3.63, 3.8) is 0 Å². The normalized spacial score (nSPS) is 12.9. The monoisotopic (exact) mass is 427 g/mol. The summed E-state index contributed by atoms with van der Waals surface area (Å²) in [5.41, 5.74) is 3.92. The van der Waals surface area contributed by atoms with Crippen molar-refractivity contribution in [2.24, 2.45) is 0 Å². The number of aromatic amines is 1. The summed E-state index contributed by atoms with van der Waals surface area (Å²) >= 11 is 7.71. The van der Waals surface area contributed by atoms with Gasteiger partial charge in [0, 0.05) is 40.0 Å². The highest BCUT2D eigenvalue weighted by molar-refractivity contribution is 8.03. The van der Waals surface area contributed by atoms with Gasteiger partial charge in [-0.2, -0.15) is 0 Å². The van der Waals surface area contributed by atoms with Crippen LogP contribution in [0, 0.1) is 0 Å². The zero-order valence-corrected chi connectivity index (χ0v) is 17.8. The number of benzene rings is 1. The Labute approximate surface area is 178 Å². The molecule has 150 valence electrons. The summed E-state index contributed by atoms with van der Waals surface area (Å²) < 4.78 is 0. The molecule has 1 aliphatic rings. The minimum Gasteiger partial charge on any atom is -0.389 e. The zero-order valence-electron chi connectivity index (χ0n) is 16.2. The van der Waals surface area contributed by atoms with Gasteiger partial charge in [-0.05, 0) is 48.4 Å². The number of carbonyl (C=O) groups is 1. The molecule has 6 nitrogen and oxygen atoms in total. The van der Waals surface area contributed by atoms with Crippen molar-refractivity contribution >= 4 is 40.8 Å². The van der Waals surface area contributed by atoms with Gasteiger partial charge >= 0.3 is 0 Å². The summed E-state index contributed by atoms with van der Waals surface area (Å²) in [4.78, 5) is 23.9. The first-order valence-electron chi connectivity index (χ1n) is 9.15.